The van der Waals surface area contributed by atoms with Crippen LogP contribution in [0.4, 0.5) is 10.5 Å². The van der Waals surface area contributed by atoms with Crippen molar-refractivity contribution < 1.29 is 24.5 Å². The summed E-state index contributed by atoms with van der Waals surface area (Å²) in [6, 6.07) is 3.06. The van der Waals surface area contributed by atoms with Gasteiger partial charge in [0.2, 0.25) is 0 Å². The minimum Gasteiger partial charge on any atom is -0.508 e. The second-order valence-corrected chi connectivity index (χ2v) is 4.57. The van der Waals surface area contributed by atoms with E-state index in [1.165, 1.54) is 12.1 Å². The first-order valence-electron chi connectivity index (χ1n) is 6.60. The van der Waals surface area contributed by atoms with Gasteiger partial charge in [-0.2, -0.15) is 0 Å². The van der Waals surface area contributed by atoms with Crippen molar-refractivity contribution in [2.24, 2.45) is 0 Å². The molecule has 1 unspecified atom stereocenters. The van der Waals surface area contributed by atoms with Crippen LogP contribution in [0.5, 0.6) is 5.75 Å². The summed E-state index contributed by atoms with van der Waals surface area (Å²) < 4.78 is 5.02. The Labute approximate surface area is 122 Å². The van der Waals surface area contributed by atoms with Crippen molar-refractivity contribution in [3.63, 3.8) is 0 Å². The lowest BCUT2D eigenvalue weighted by molar-refractivity contribution is 0.0697. The fourth-order valence-corrected chi connectivity index (χ4v) is 1.91. The van der Waals surface area contributed by atoms with Crippen molar-refractivity contribution >= 4 is 17.7 Å². The Bertz CT molecular complexity index is 498. The van der Waals surface area contributed by atoms with E-state index >= 15 is 0 Å². The molecule has 1 aromatic rings. The Kier molecular flexibility index (Phi) is 6.48. The topological polar surface area (TPSA) is 108 Å². The highest BCUT2D eigenvalue weighted by atomic mass is 16.5. The van der Waals surface area contributed by atoms with Crippen molar-refractivity contribution in [2.45, 2.75) is 25.8 Å². The monoisotopic (exact) mass is 296 g/mol. The number of urea groups is 1. The van der Waals surface area contributed by atoms with E-state index in [0.29, 0.717) is 6.61 Å². The molecular formula is C14H20N2O5. The summed E-state index contributed by atoms with van der Waals surface area (Å²) in [5.74, 6) is -1.41. The predicted octanol–water partition coefficient (Wildman–Crippen LogP) is 2.03. The lowest BCUT2D eigenvalue weighted by atomic mass is 10.1. The van der Waals surface area contributed by atoms with Gasteiger partial charge in [-0.05, 0) is 24.6 Å². The summed E-state index contributed by atoms with van der Waals surface area (Å²) in [5.41, 5.74) is -0.0607. The molecule has 1 aromatic carbocycles. The van der Waals surface area contributed by atoms with Gasteiger partial charge in [0.1, 0.15) is 5.75 Å². The molecule has 0 aliphatic rings. The van der Waals surface area contributed by atoms with Gasteiger partial charge >= 0.3 is 12.0 Å². The SMILES string of the molecule is CCCC(COC)NC(=O)Nc1ccc(O)cc1C(=O)O. The van der Waals surface area contributed by atoms with Crippen LogP contribution in [0.2, 0.25) is 0 Å². The molecule has 0 fully saturated rings. The summed E-state index contributed by atoms with van der Waals surface area (Å²) in [7, 11) is 1.55. The van der Waals surface area contributed by atoms with Crippen molar-refractivity contribution in [3.05, 3.63) is 23.8 Å². The lowest BCUT2D eigenvalue weighted by Gasteiger charge is -2.18. The Morgan fingerprint density at radius 3 is 2.67 bits per heavy atom. The number of hydrogen-bond acceptors (Lipinski definition) is 4. The molecule has 0 saturated heterocycles. The fourth-order valence-electron chi connectivity index (χ4n) is 1.91. The van der Waals surface area contributed by atoms with Crippen LogP contribution < -0.4 is 10.6 Å². The molecule has 0 aliphatic heterocycles. The first-order chi connectivity index (χ1) is 9.97. The average molecular weight is 296 g/mol. The minimum atomic E-state index is -1.23. The number of nitrogens with one attached hydrogen (secondary N) is 2. The molecule has 21 heavy (non-hydrogen) atoms. The molecular weight excluding hydrogens is 276 g/mol. The number of amides is 2. The number of aromatic hydroxyl groups is 1. The summed E-state index contributed by atoms with van der Waals surface area (Å²) >= 11 is 0. The zero-order chi connectivity index (χ0) is 15.8. The lowest BCUT2D eigenvalue weighted by Crippen LogP contribution is -2.40. The fraction of sp³-hybridized carbons (Fsp3) is 0.429. The van der Waals surface area contributed by atoms with Gasteiger partial charge in [-0.1, -0.05) is 13.3 Å². The molecule has 0 bridgehead atoms. The number of benzene rings is 1. The smallest absolute Gasteiger partial charge is 0.337 e. The Hall–Kier alpha value is -2.28. The summed E-state index contributed by atoms with van der Waals surface area (Å²) in [5, 5.41) is 23.5. The Balaban J connectivity index is 2.76. The van der Waals surface area contributed by atoms with Crippen molar-refractivity contribution in [1.82, 2.24) is 5.32 Å². The van der Waals surface area contributed by atoms with Gasteiger partial charge in [0.15, 0.2) is 0 Å². The van der Waals surface area contributed by atoms with E-state index in [-0.39, 0.29) is 23.0 Å². The van der Waals surface area contributed by atoms with Crippen LogP contribution in [0.1, 0.15) is 30.1 Å². The molecule has 0 radical (unpaired) electrons. The molecule has 0 spiro atoms. The van der Waals surface area contributed by atoms with E-state index in [4.69, 9.17) is 9.84 Å². The largest absolute Gasteiger partial charge is 0.508 e. The van der Waals surface area contributed by atoms with E-state index in [0.717, 1.165) is 18.9 Å². The van der Waals surface area contributed by atoms with Gasteiger partial charge in [-0.3, -0.25) is 0 Å². The minimum absolute atomic E-state index is 0.116. The van der Waals surface area contributed by atoms with Gasteiger partial charge in [-0.25, -0.2) is 9.59 Å². The van der Waals surface area contributed by atoms with Crippen LogP contribution in [-0.4, -0.2) is 42.0 Å². The molecule has 1 atom stereocenters. The standard InChI is InChI=1S/C14H20N2O5/c1-3-4-9(8-21-2)15-14(20)16-12-6-5-10(17)7-11(12)13(18)19/h5-7,9,17H,3-4,8H2,1-2H3,(H,18,19)(H2,15,16,20). The first kappa shape index (κ1) is 16.8. The Morgan fingerprint density at radius 2 is 2.10 bits per heavy atom. The number of carboxylic acid groups (broad SMARTS) is 1. The maximum Gasteiger partial charge on any atom is 0.337 e. The quantitative estimate of drug-likeness (QED) is 0.576. The van der Waals surface area contributed by atoms with Crippen LogP contribution in [0.15, 0.2) is 18.2 Å². The van der Waals surface area contributed by atoms with Crippen molar-refractivity contribution in [3.8, 4) is 5.75 Å². The third-order valence-corrected chi connectivity index (χ3v) is 2.82. The Morgan fingerprint density at radius 1 is 1.38 bits per heavy atom. The van der Waals surface area contributed by atoms with Gasteiger partial charge in [0, 0.05) is 7.11 Å². The molecule has 0 aromatic heterocycles. The van der Waals surface area contributed by atoms with Crippen molar-refractivity contribution in [2.75, 3.05) is 19.0 Å². The van der Waals surface area contributed by atoms with Gasteiger partial charge in [0.05, 0.1) is 23.9 Å². The van der Waals surface area contributed by atoms with E-state index in [1.54, 1.807) is 7.11 Å². The molecule has 0 saturated carbocycles. The van der Waals surface area contributed by atoms with E-state index in [2.05, 4.69) is 10.6 Å². The third-order valence-electron chi connectivity index (χ3n) is 2.82. The second kappa shape index (κ2) is 8.11. The summed E-state index contributed by atoms with van der Waals surface area (Å²) in [6.07, 6.45) is 1.64. The van der Waals surface area contributed by atoms with Crippen molar-refractivity contribution in [1.29, 1.82) is 0 Å². The molecule has 0 aliphatic carbocycles. The number of aromatic carboxylic acids is 1. The van der Waals surface area contributed by atoms with Crippen LogP contribution in [0, 0.1) is 0 Å². The molecule has 116 valence electrons. The predicted molar refractivity (Wildman–Crippen MR) is 77.8 cm³/mol. The molecule has 4 N–H and O–H groups in total. The van der Waals surface area contributed by atoms with Gasteiger partial charge in [-0.15, -0.1) is 0 Å². The third kappa shape index (κ3) is 5.31. The number of hydrogen-bond donors (Lipinski definition) is 4. The second-order valence-electron chi connectivity index (χ2n) is 4.57. The average Bonchev–Trinajstić information content (AvgIpc) is 2.41. The number of phenolic OH excluding ortho intramolecular Hbond substituents is 1. The van der Waals surface area contributed by atoms with E-state index in [9.17, 15) is 14.7 Å². The maximum absolute atomic E-state index is 11.9. The summed E-state index contributed by atoms with van der Waals surface area (Å²) in [4.78, 5) is 23.0. The molecule has 7 heteroatoms. The number of carboxylic acids is 1. The number of phenols is 1. The van der Waals surface area contributed by atoms with Crippen LogP contribution in [-0.2, 0) is 4.74 Å². The van der Waals surface area contributed by atoms with Crippen LogP contribution >= 0.6 is 0 Å². The van der Waals surface area contributed by atoms with Gasteiger partial charge < -0.3 is 25.6 Å². The maximum atomic E-state index is 11.9. The molecule has 0 heterocycles. The molecule has 2 amide bonds. The normalized spacial score (nSPS) is 11.7. The zero-order valence-electron chi connectivity index (χ0n) is 12.0. The number of methoxy groups -OCH3 is 1. The number of ether oxygens (including phenoxy) is 1. The highest BCUT2D eigenvalue weighted by molar-refractivity contribution is 6.00. The van der Waals surface area contributed by atoms with E-state index < -0.39 is 12.0 Å². The van der Waals surface area contributed by atoms with Crippen LogP contribution in [0.25, 0.3) is 0 Å². The first-order valence-corrected chi connectivity index (χ1v) is 6.60. The number of rotatable bonds is 7. The molecule has 7 nitrogen and oxygen atoms in total. The van der Waals surface area contributed by atoms with Crippen LogP contribution in [0.3, 0.4) is 0 Å². The highest BCUT2D eigenvalue weighted by Crippen LogP contribution is 2.21. The van der Waals surface area contributed by atoms with Gasteiger partial charge in [0.25, 0.3) is 0 Å². The molecule has 1 rings (SSSR count). The zero-order valence-corrected chi connectivity index (χ0v) is 12.0. The summed E-state index contributed by atoms with van der Waals surface area (Å²) in [6.45, 7) is 2.37. The van der Waals surface area contributed by atoms with E-state index in [1.807, 2.05) is 6.92 Å². The number of carbonyl (C=O) groups excluding carboxylic acids is 1. The number of anilines is 1. The number of carbonyl (C=O) groups is 2. The highest BCUT2D eigenvalue weighted by Gasteiger charge is 2.15.